The molecule has 0 amide bonds. The number of hydrogen-bond acceptors (Lipinski definition) is 22. The number of hydrogen-bond donors (Lipinski definition) is 8. The summed E-state index contributed by atoms with van der Waals surface area (Å²) in [4.78, 5) is 76.8. The standard InChI is InChI=1S/C32H36O9.C25H32O7.C25H28O7/c1-4-6-9-14-22-27(30(35)39-19-20-12-10-8-11-13-20)24(33)18-25(34)29(22)40-26-17-21(38-3)16-23-28(26)31(36)41-32(23,37)15-7-5-2;1-5-7-9-10-17-15(3)19(26)14-20(27)23(17)31-21-13-16(30-4)12-18-22(21)24(28)32-25(18,29)11-8-6-2;1-4-6-8-9-15-21(24(28)29)18(27)13-20-23(15)31-19-12-14(3)11-16(17(26)10-7-5-2)22(19)25(30)32-20/h8,10-13,16-18,33-34,37H,4-7,9,14-15,19H2,1-3H3;12-14,26-27,29H,5-11H2,1-4H3;11-13,27H,4-10H2,1-3H3,(H,28,29). The maximum Gasteiger partial charge on any atom is 0.348 e. The van der Waals surface area contributed by atoms with Crippen LogP contribution in [0.25, 0.3) is 0 Å². The molecule has 562 valence electrons. The lowest BCUT2D eigenvalue weighted by Gasteiger charge is -2.22. The molecule has 0 bridgehead atoms. The number of fused-ring (bicyclic) bond motifs is 4. The minimum absolute atomic E-state index is 0.00964. The number of carboxylic acid groups (broad SMARTS) is 1. The fraction of sp³-hybridized carbons (Fsp3) is 0.415. The number of esters is 4. The van der Waals surface area contributed by atoms with Crippen LogP contribution < -0.4 is 28.4 Å². The van der Waals surface area contributed by atoms with E-state index in [1.54, 1.807) is 32.0 Å². The number of carbonyl (C=O) groups is 6. The molecule has 10 rings (SSSR count). The predicted octanol–water partition coefficient (Wildman–Crippen LogP) is 17.8. The summed E-state index contributed by atoms with van der Waals surface area (Å²) in [5.74, 6) is -8.80. The Kier molecular flexibility index (Phi) is 27.7. The average molecular weight is 1450 g/mol. The smallest absolute Gasteiger partial charge is 0.348 e. The third kappa shape index (κ3) is 18.5. The molecule has 2 unspecified atom stereocenters. The van der Waals surface area contributed by atoms with E-state index in [2.05, 4.69) is 6.92 Å². The summed E-state index contributed by atoms with van der Waals surface area (Å²) in [6.45, 7) is 15.6. The third-order valence-corrected chi connectivity index (χ3v) is 18.5. The van der Waals surface area contributed by atoms with Gasteiger partial charge >= 0.3 is 29.8 Å². The number of phenols is 5. The number of methoxy groups -OCH3 is 2. The maximum absolute atomic E-state index is 13.3. The van der Waals surface area contributed by atoms with Gasteiger partial charge in [0.15, 0.2) is 40.3 Å². The minimum Gasteiger partial charge on any atom is -0.508 e. The second-order valence-electron chi connectivity index (χ2n) is 26.3. The zero-order valence-electron chi connectivity index (χ0n) is 61.3. The quantitative estimate of drug-likeness (QED) is 0.00638. The number of unbranched alkanes of at least 4 members (excludes halogenated alkanes) is 9. The topological polar surface area (TPSA) is 347 Å². The SMILES string of the molecule is CCCCCc1c(C)c(O)cc(O)c1Oc1cc(OC)cc2c1C(=O)OC2(O)CCCC.CCCCCc1c(Oc2cc(OC)cc3c2C(=O)OC3(O)CCCC)c(O)cc(O)c1C(=O)OCc1ccccc1.CCCCCc1c2c(cc(O)c1C(=O)O)OC(=O)c1c(cc(C)cc1C(=O)CCCC)O2. The minimum atomic E-state index is -1.86. The third-order valence-electron chi connectivity index (χ3n) is 18.5. The molecule has 0 radical (unpaired) electrons. The van der Waals surface area contributed by atoms with Crippen molar-refractivity contribution in [1.82, 2.24) is 0 Å². The Morgan fingerprint density at radius 1 is 0.486 bits per heavy atom. The Hall–Kier alpha value is -10.5. The van der Waals surface area contributed by atoms with Crippen LogP contribution in [-0.2, 0) is 51.7 Å². The van der Waals surface area contributed by atoms with Crippen molar-refractivity contribution in [3.8, 4) is 80.5 Å². The summed E-state index contributed by atoms with van der Waals surface area (Å²) in [5.41, 5.74) is 3.68. The molecule has 0 saturated carbocycles. The van der Waals surface area contributed by atoms with Gasteiger partial charge in [0.25, 0.3) is 0 Å². The summed E-state index contributed by atoms with van der Waals surface area (Å²) in [7, 11) is 2.91. The van der Waals surface area contributed by atoms with Gasteiger partial charge in [0.1, 0.15) is 80.4 Å². The lowest BCUT2D eigenvalue weighted by Crippen LogP contribution is -2.25. The summed E-state index contributed by atoms with van der Waals surface area (Å²) >= 11 is 0. The Balaban J connectivity index is 0.000000201. The Morgan fingerprint density at radius 3 is 1.48 bits per heavy atom. The highest BCUT2D eigenvalue weighted by atomic mass is 16.7. The van der Waals surface area contributed by atoms with E-state index >= 15 is 0 Å². The molecule has 2 atom stereocenters. The molecule has 7 aromatic rings. The Morgan fingerprint density at radius 2 is 0.971 bits per heavy atom. The predicted molar refractivity (Wildman–Crippen MR) is 388 cm³/mol. The van der Waals surface area contributed by atoms with Crippen molar-refractivity contribution in [2.45, 2.75) is 208 Å². The van der Waals surface area contributed by atoms with Gasteiger partial charge in [-0.25, -0.2) is 24.0 Å². The molecular formula is C82H96O23. The average Bonchev–Trinajstić information content (AvgIpc) is 1.63. The second-order valence-corrected chi connectivity index (χ2v) is 26.3. The van der Waals surface area contributed by atoms with Gasteiger partial charge in [-0.05, 0) is 113 Å². The summed E-state index contributed by atoms with van der Waals surface area (Å²) in [6, 6.07) is 21.8. The maximum atomic E-state index is 13.3. The van der Waals surface area contributed by atoms with Crippen LogP contribution in [0, 0.1) is 13.8 Å². The van der Waals surface area contributed by atoms with Crippen molar-refractivity contribution >= 4 is 35.6 Å². The van der Waals surface area contributed by atoms with Gasteiger partial charge in [-0.2, -0.15) is 0 Å². The molecule has 23 nitrogen and oxygen atoms in total. The van der Waals surface area contributed by atoms with Gasteiger partial charge in [-0.15, -0.1) is 0 Å². The number of Topliss-reactive ketones (excluding diaryl/α,β-unsaturated/α-hetero) is 1. The number of ether oxygens (including phenoxy) is 9. The number of cyclic esters (lactones) is 2. The Labute approximate surface area is 611 Å². The van der Waals surface area contributed by atoms with E-state index in [4.69, 9.17) is 42.6 Å². The number of carbonyl (C=O) groups excluding carboxylic acids is 5. The molecule has 105 heavy (non-hydrogen) atoms. The molecule has 3 aliphatic rings. The molecule has 3 aliphatic heterocycles. The van der Waals surface area contributed by atoms with Gasteiger partial charge in [0.05, 0.1) is 14.2 Å². The number of rotatable bonds is 32. The van der Waals surface area contributed by atoms with Crippen LogP contribution in [0.1, 0.15) is 264 Å². The number of aromatic carboxylic acids is 1. The number of aromatic hydroxyl groups is 5. The van der Waals surface area contributed by atoms with E-state index in [9.17, 15) is 69.6 Å². The van der Waals surface area contributed by atoms with Crippen molar-refractivity contribution in [2.75, 3.05) is 14.2 Å². The molecule has 0 saturated heterocycles. The Bertz CT molecular complexity index is 4330. The van der Waals surface area contributed by atoms with E-state index in [0.717, 1.165) is 87.5 Å². The van der Waals surface area contributed by atoms with E-state index in [1.807, 2.05) is 65.0 Å². The van der Waals surface area contributed by atoms with Crippen LogP contribution in [0.5, 0.6) is 80.5 Å². The summed E-state index contributed by atoms with van der Waals surface area (Å²) < 4.78 is 50.9. The molecular weight excluding hydrogens is 1350 g/mol. The lowest BCUT2D eigenvalue weighted by atomic mass is 9.96. The van der Waals surface area contributed by atoms with Crippen LogP contribution in [0.15, 0.2) is 84.9 Å². The molecule has 0 aliphatic carbocycles. The first kappa shape index (κ1) is 80.2. The number of phenolic OH excluding ortho intramolecular Hbond substituents is 4. The van der Waals surface area contributed by atoms with Crippen molar-refractivity contribution in [2.24, 2.45) is 0 Å². The van der Waals surface area contributed by atoms with Gasteiger partial charge in [0.2, 0.25) is 11.6 Å². The van der Waals surface area contributed by atoms with Crippen LogP contribution >= 0.6 is 0 Å². The second kappa shape index (κ2) is 36.3. The first-order chi connectivity index (χ1) is 50.2. The van der Waals surface area contributed by atoms with Crippen molar-refractivity contribution in [3.63, 3.8) is 0 Å². The van der Waals surface area contributed by atoms with Gasteiger partial charge < -0.3 is 83.5 Å². The molecule has 7 aromatic carbocycles. The van der Waals surface area contributed by atoms with Crippen molar-refractivity contribution < 1.29 is 112 Å². The lowest BCUT2D eigenvalue weighted by molar-refractivity contribution is -0.169. The van der Waals surface area contributed by atoms with E-state index in [0.29, 0.717) is 74.0 Å². The summed E-state index contributed by atoms with van der Waals surface area (Å²) in [6.07, 6.45) is 13.9. The van der Waals surface area contributed by atoms with Crippen LogP contribution in [0.3, 0.4) is 0 Å². The zero-order chi connectivity index (χ0) is 76.4. The fourth-order valence-electron chi connectivity index (χ4n) is 12.8. The molecule has 0 aromatic heterocycles. The molecule has 23 heteroatoms. The first-order valence-corrected chi connectivity index (χ1v) is 36.0. The number of aryl methyl sites for hydroxylation is 1. The van der Waals surface area contributed by atoms with Crippen LogP contribution in [0.4, 0.5) is 0 Å². The van der Waals surface area contributed by atoms with Crippen molar-refractivity contribution in [3.05, 3.63) is 163 Å². The van der Waals surface area contributed by atoms with Crippen LogP contribution in [0.2, 0.25) is 0 Å². The molecule has 8 N–H and O–H groups in total. The highest BCUT2D eigenvalue weighted by Crippen LogP contribution is 2.52. The molecule has 3 heterocycles. The molecule has 0 fully saturated rings. The highest BCUT2D eigenvalue weighted by molar-refractivity contribution is 6.09. The van der Waals surface area contributed by atoms with E-state index in [1.165, 1.54) is 38.5 Å². The van der Waals surface area contributed by atoms with Crippen molar-refractivity contribution in [1.29, 1.82) is 0 Å². The highest BCUT2D eigenvalue weighted by Gasteiger charge is 2.48. The normalized spacial score (nSPS) is 15.1. The first-order valence-electron chi connectivity index (χ1n) is 36.0. The summed E-state index contributed by atoms with van der Waals surface area (Å²) in [5, 5.41) is 84.8. The van der Waals surface area contributed by atoms with Crippen LogP contribution in [-0.4, -0.2) is 90.7 Å². The monoisotopic (exact) mass is 1450 g/mol. The fourth-order valence-corrected chi connectivity index (χ4v) is 12.8. The van der Waals surface area contributed by atoms with Gasteiger partial charge in [0, 0.05) is 83.0 Å². The van der Waals surface area contributed by atoms with Gasteiger partial charge in [-0.3, -0.25) is 4.79 Å². The number of aliphatic hydroxyl groups is 2. The van der Waals surface area contributed by atoms with Gasteiger partial charge in [-0.1, -0.05) is 130 Å². The zero-order valence-corrected chi connectivity index (χ0v) is 61.3. The number of ketones is 1. The molecule has 0 spiro atoms. The number of carboxylic acids is 1. The van der Waals surface area contributed by atoms with E-state index < -0.39 is 58.7 Å². The van der Waals surface area contributed by atoms with E-state index in [-0.39, 0.29) is 139 Å². The largest absolute Gasteiger partial charge is 0.508 e. The number of benzene rings is 7.